The molecule has 2 atom stereocenters. The average Bonchev–Trinajstić information content (AvgIpc) is 3.66. The summed E-state index contributed by atoms with van der Waals surface area (Å²) in [6, 6.07) is 41.9. The third-order valence-electron chi connectivity index (χ3n) is 9.13. The van der Waals surface area contributed by atoms with Crippen LogP contribution in [0, 0.1) is 24.8 Å². The standard InChI is InChI=1S/C23H26N4O.C22H22N4.Ir/c1-4-28-23-26(19-11-7-5-8-12-19)21-22(25-18(16-24-21)15-17(2)3)27(23)20-13-9-6-10-14-20;1-16(2)14-18-15-23-21-22(24-18)26(20-12-8-5-9-13-20)17(3)25(21)19-10-6-4-7-11-19;/h5-14,16-17,23H,4,15H2,1-3H3;4-12,15-17H,3,14H2,1-2H3;/q;-2;. The van der Waals surface area contributed by atoms with Crippen LogP contribution in [0.1, 0.15) is 46.0 Å². The zero-order valence-corrected chi connectivity index (χ0v) is 34.5. The Morgan fingerprint density at radius 1 is 0.600 bits per heavy atom. The summed E-state index contributed by atoms with van der Waals surface area (Å²) >= 11 is 0. The van der Waals surface area contributed by atoms with E-state index in [1.54, 1.807) is 0 Å². The van der Waals surface area contributed by atoms with Crippen molar-refractivity contribution in [2.45, 2.75) is 60.0 Å². The SMILES string of the molecule is CCOC1N(c2ccccc2)c2ncc(CC(C)C)nc2N1c1ccccc1.[CH2-]C1N(c2[c-]cccc2)c2nc(CC(C)C)cnc2N1c1ccccc1.[Ir]. The van der Waals surface area contributed by atoms with Crippen LogP contribution in [-0.2, 0) is 37.7 Å². The van der Waals surface area contributed by atoms with E-state index in [4.69, 9.17) is 24.7 Å². The van der Waals surface area contributed by atoms with Crippen molar-refractivity contribution in [2.24, 2.45) is 11.8 Å². The topological polar surface area (TPSA) is 73.8 Å². The Morgan fingerprint density at radius 3 is 1.49 bits per heavy atom. The molecular weight excluding hydrogens is 861 g/mol. The zero-order valence-electron chi connectivity index (χ0n) is 32.1. The Kier molecular flexibility index (Phi) is 12.9. The number of fused-ring (bicyclic) bond motifs is 2. The fourth-order valence-electron chi connectivity index (χ4n) is 6.90. The van der Waals surface area contributed by atoms with E-state index in [1.807, 2.05) is 98.2 Å². The van der Waals surface area contributed by atoms with Crippen LogP contribution in [0.25, 0.3) is 0 Å². The van der Waals surface area contributed by atoms with E-state index in [-0.39, 0.29) is 32.6 Å². The molecule has 0 N–H and O–H groups in total. The van der Waals surface area contributed by atoms with E-state index in [2.05, 4.69) is 96.7 Å². The Hall–Kier alpha value is -5.15. The van der Waals surface area contributed by atoms with E-state index in [1.165, 1.54) is 0 Å². The van der Waals surface area contributed by atoms with Crippen molar-refractivity contribution in [1.82, 2.24) is 19.9 Å². The smallest absolute Gasteiger partial charge is 0.221 e. The molecule has 0 saturated heterocycles. The second-order valence-corrected chi connectivity index (χ2v) is 14.2. The van der Waals surface area contributed by atoms with Gasteiger partial charge >= 0.3 is 0 Å². The second kappa shape index (κ2) is 18.0. The maximum absolute atomic E-state index is 6.21. The van der Waals surface area contributed by atoms with Gasteiger partial charge in [0.1, 0.15) is 0 Å². The molecule has 4 aromatic carbocycles. The molecule has 0 aliphatic carbocycles. The maximum atomic E-state index is 6.21. The van der Waals surface area contributed by atoms with Crippen LogP contribution >= 0.6 is 0 Å². The number of benzene rings is 4. The Balaban J connectivity index is 0.000000184. The third kappa shape index (κ3) is 8.57. The van der Waals surface area contributed by atoms with Crippen molar-refractivity contribution in [1.29, 1.82) is 0 Å². The third-order valence-corrected chi connectivity index (χ3v) is 9.13. The van der Waals surface area contributed by atoms with Gasteiger partial charge in [0, 0.05) is 43.8 Å². The van der Waals surface area contributed by atoms with Crippen molar-refractivity contribution in [3.63, 3.8) is 0 Å². The van der Waals surface area contributed by atoms with E-state index in [0.29, 0.717) is 18.4 Å². The molecule has 0 amide bonds. The molecule has 4 heterocycles. The van der Waals surface area contributed by atoms with Gasteiger partial charge in [-0.3, -0.25) is 9.80 Å². The minimum Gasteiger partial charge on any atom is -0.355 e. The number of nitrogens with zero attached hydrogens (tertiary/aromatic N) is 8. The van der Waals surface area contributed by atoms with Gasteiger partial charge in [-0.05, 0) is 74.2 Å². The molecule has 2 unspecified atom stereocenters. The molecule has 6 aromatic rings. The van der Waals surface area contributed by atoms with Crippen molar-refractivity contribution >= 4 is 46.0 Å². The van der Waals surface area contributed by atoms with Gasteiger partial charge in [-0.15, -0.1) is 6.07 Å². The van der Waals surface area contributed by atoms with Gasteiger partial charge in [0.2, 0.25) is 6.35 Å². The molecule has 2 aromatic heterocycles. The van der Waals surface area contributed by atoms with Crippen molar-refractivity contribution in [3.8, 4) is 0 Å². The van der Waals surface area contributed by atoms with Crippen LogP contribution in [0.15, 0.2) is 128 Å². The quantitative estimate of drug-likeness (QED) is 0.125. The molecule has 0 fully saturated rings. The van der Waals surface area contributed by atoms with Gasteiger partial charge in [0.15, 0.2) is 23.3 Å². The van der Waals surface area contributed by atoms with Gasteiger partial charge in [-0.1, -0.05) is 88.0 Å². The van der Waals surface area contributed by atoms with Gasteiger partial charge in [0.05, 0.1) is 23.8 Å². The molecule has 55 heavy (non-hydrogen) atoms. The summed E-state index contributed by atoms with van der Waals surface area (Å²) in [4.78, 5) is 28.0. The summed E-state index contributed by atoms with van der Waals surface area (Å²) < 4.78 is 6.21. The molecule has 8 rings (SSSR count). The van der Waals surface area contributed by atoms with Gasteiger partial charge in [-0.2, -0.15) is 24.3 Å². The Morgan fingerprint density at radius 2 is 1.04 bits per heavy atom. The molecular formula is C45H48IrN8O-2. The normalized spacial score (nSPS) is 15.8. The number of hydrogen-bond acceptors (Lipinski definition) is 9. The molecule has 9 nitrogen and oxygen atoms in total. The zero-order chi connectivity index (χ0) is 37.6. The van der Waals surface area contributed by atoms with E-state index >= 15 is 0 Å². The van der Waals surface area contributed by atoms with Crippen LogP contribution < -0.4 is 19.6 Å². The van der Waals surface area contributed by atoms with Crippen LogP contribution in [0.3, 0.4) is 0 Å². The van der Waals surface area contributed by atoms with Gasteiger partial charge < -0.3 is 21.5 Å². The summed E-state index contributed by atoms with van der Waals surface area (Å²) in [5, 5.41) is 0. The molecule has 1 radical (unpaired) electrons. The van der Waals surface area contributed by atoms with Crippen molar-refractivity contribution in [3.05, 3.63) is 152 Å². The maximum Gasteiger partial charge on any atom is 0.221 e. The number of aromatic nitrogens is 4. The second-order valence-electron chi connectivity index (χ2n) is 14.2. The monoisotopic (exact) mass is 909 g/mol. The van der Waals surface area contributed by atoms with Gasteiger partial charge in [-0.25, -0.2) is 19.9 Å². The van der Waals surface area contributed by atoms with Crippen LogP contribution in [0.4, 0.5) is 46.0 Å². The first-order valence-corrected chi connectivity index (χ1v) is 18.8. The molecule has 0 saturated carbocycles. The van der Waals surface area contributed by atoms with Crippen LogP contribution in [0.5, 0.6) is 0 Å². The summed E-state index contributed by atoms with van der Waals surface area (Å²) in [5.74, 6) is 4.39. The predicted octanol–water partition coefficient (Wildman–Crippen LogP) is 10.2. The van der Waals surface area contributed by atoms with Crippen molar-refractivity contribution < 1.29 is 24.8 Å². The van der Waals surface area contributed by atoms with E-state index < -0.39 is 0 Å². The first-order chi connectivity index (χ1) is 26.3. The summed E-state index contributed by atoms with van der Waals surface area (Å²) in [6.45, 7) is 15.8. The molecule has 2 aliphatic heterocycles. The average molecular weight is 909 g/mol. The number of rotatable bonds is 10. The number of anilines is 8. The fourth-order valence-corrected chi connectivity index (χ4v) is 6.90. The minimum absolute atomic E-state index is 0. The minimum atomic E-state index is -0.334. The van der Waals surface area contributed by atoms with Crippen LogP contribution in [-0.4, -0.2) is 39.1 Å². The van der Waals surface area contributed by atoms with Crippen molar-refractivity contribution in [2.75, 3.05) is 26.2 Å². The summed E-state index contributed by atoms with van der Waals surface area (Å²) in [6.07, 6.45) is 5.07. The molecule has 0 bridgehead atoms. The first-order valence-electron chi connectivity index (χ1n) is 18.8. The fraction of sp³-hybridized carbons (Fsp3) is 0.267. The van der Waals surface area contributed by atoms with E-state index in [0.717, 1.165) is 70.3 Å². The Labute approximate surface area is 339 Å². The molecule has 285 valence electrons. The largest absolute Gasteiger partial charge is 0.355 e. The van der Waals surface area contributed by atoms with Gasteiger partial charge in [0.25, 0.3) is 0 Å². The Bertz CT molecular complexity index is 2100. The van der Waals surface area contributed by atoms with Crippen LogP contribution in [0.2, 0.25) is 0 Å². The summed E-state index contributed by atoms with van der Waals surface area (Å²) in [7, 11) is 0. The number of ether oxygens (including phenoxy) is 1. The molecule has 10 heteroatoms. The molecule has 2 aliphatic rings. The number of para-hydroxylation sites is 4. The van der Waals surface area contributed by atoms with E-state index in [9.17, 15) is 0 Å². The predicted molar refractivity (Wildman–Crippen MR) is 219 cm³/mol. The first kappa shape index (κ1) is 39.5. The molecule has 0 spiro atoms. The number of hydrogen-bond donors (Lipinski definition) is 0. The summed E-state index contributed by atoms with van der Waals surface area (Å²) in [5.41, 5.74) is 6.08.